The molecular weight excluding hydrogens is 630 g/mol. The summed E-state index contributed by atoms with van der Waals surface area (Å²) in [5.74, 6) is -2.79. The predicted molar refractivity (Wildman–Crippen MR) is 157 cm³/mol. The van der Waals surface area contributed by atoms with Gasteiger partial charge in [-0.1, -0.05) is 36.0 Å². The number of hydrogen-bond acceptors (Lipinski definition) is 14. The topological polar surface area (TPSA) is 191 Å². The van der Waals surface area contributed by atoms with Crippen LogP contribution in [0.1, 0.15) is 42.8 Å². The molecule has 3 heterocycles. The minimum atomic E-state index is -1.74. The molecule has 3 unspecified atom stereocenters. The molecular formula is C25H28ClN5O8S3. The number of rotatable bonds is 11. The SMILES string of the molecule is CC(=O)OC(C)OC(=O)C1=C(CSc2ncns2)CS[C@H]2C(NC(=O)C(O)c3ccccc3C(=O)[C@H](C)N)C(=O)N12.Cl. The van der Waals surface area contributed by atoms with Gasteiger partial charge in [0.05, 0.1) is 6.04 Å². The Morgan fingerprint density at radius 2 is 1.95 bits per heavy atom. The fourth-order valence-electron chi connectivity index (χ4n) is 4.20. The van der Waals surface area contributed by atoms with Crippen LogP contribution in [0.25, 0.3) is 0 Å². The van der Waals surface area contributed by atoms with Crippen LogP contribution in [0.2, 0.25) is 0 Å². The van der Waals surface area contributed by atoms with Gasteiger partial charge in [0, 0.05) is 36.5 Å². The van der Waals surface area contributed by atoms with Gasteiger partial charge in [-0.3, -0.25) is 24.1 Å². The maximum absolute atomic E-state index is 13.3. The number of aliphatic hydroxyl groups excluding tert-OH is 1. The number of β-lactam (4-membered cyclic amide) rings is 1. The third-order valence-corrected chi connectivity index (χ3v) is 9.26. The van der Waals surface area contributed by atoms with Gasteiger partial charge in [0.25, 0.3) is 11.8 Å². The summed E-state index contributed by atoms with van der Waals surface area (Å²) in [6.07, 6.45) is -1.53. The number of carbonyl (C=O) groups excluding carboxylic acids is 5. The molecule has 0 spiro atoms. The zero-order chi connectivity index (χ0) is 29.8. The summed E-state index contributed by atoms with van der Waals surface area (Å²) in [5.41, 5.74) is 6.46. The van der Waals surface area contributed by atoms with E-state index in [9.17, 15) is 29.1 Å². The van der Waals surface area contributed by atoms with Gasteiger partial charge in [-0.15, -0.1) is 24.2 Å². The minimum Gasteiger partial charge on any atom is -0.426 e. The average Bonchev–Trinajstić information content (AvgIpc) is 3.46. The molecule has 1 saturated heterocycles. The number of nitrogens with one attached hydrogen (secondary N) is 1. The van der Waals surface area contributed by atoms with E-state index in [2.05, 4.69) is 14.7 Å². The zero-order valence-corrected chi connectivity index (χ0v) is 25.8. The fraction of sp³-hybridized carbons (Fsp3) is 0.400. The first-order valence-electron chi connectivity index (χ1n) is 12.3. The lowest BCUT2D eigenvalue weighted by Crippen LogP contribution is -2.71. The molecule has 2 aromatic rings. The highest BCUT2D eigenvalue weighted by atomic mass is 35.5. The predicted octanol–water partition coefficient (Wildman–Crippen LogP) is 1.42. The van der Waals surface area contributed by atoms with Crippen molar-refractivity contribution in [3.63, 3.8) is 0 Å². The van der Waals surface area contributed by atoms with Crippen molar-refractivity contribution >= 4 is 77.0 Å². The number of nitrogens with zero attached hydrogens (tertiary/aromatic N) is 3. The van der Waals surface area contributed by atoms with Crippen molar-refractivity contribution in [1.82, 2.24) is 19.6 Å². The van der Waals surface area contributed by atoms with Crippen LogP contribution in [0.15, 0.2) is 46.2 Å². The number of esters is 2. The van der Waals surface area contributed by atoms with Crippen LogP contribution in [0.4, 0.5) is 0 Å². The molecule has 4 N–H and O–H groups in total. The average molecular weight is 658 g/mol. The Morgan fingerprint density at radius 1 is 1.24 bits per heavy atom. The Bertz CT molecular complexity index is 1390. The van der Waals surface area contributed by atoms with E-state index in [1.54, 1.807) is 12.1 Å². The van der Waals surface area contributed by atoms with Crippen LogP contribution in [0.5, 0.6) is 0 Å². The lowest BCUT2D eigenvalue weighted by atomic mass is 9.95. The molecule has 0 bridgehead atoms. The number of benzene rings is 1. The second-order valence-electron chi connectivity index (χ2n) is 9.07. The lowest BCUT2D eigenvalue weighted by Gasteiger charge is -2.50. The third-order valence-electron chi connectivity index (χ3n) is 6.04. The summed E-state index contributed by atoms with van der Waals surface area (Å²) in [7, 11) is 0. The number of halogens is 1. The van der Waals surface area contributed by atoms with E-state index in [-0.39, 0.29) is 29.2 Å². The number of aromatic nitrogens is 2. The molecule has 13 nitrogen and oxygen atoms in total. The molecule has 42 heavy (non-hydrogen) atoms. The quantitative estimate of drug-likeness (QED) is 0.103. The maximum atomic E-state index is 13.3. The number of aliphatic hydroxyl groups is 1. The van der Waals surface area contributed by atoms with Crippen molar-refractivity contribution in [2.24, 2.45) is 5.73 Å². The molecule has 5 atom stereocenters. The highest BCUT2D eigenvalue weighted by molar-refractivity contribution is 8.01. The minimum absolute atomic E-state index is 0. The number of amides is 2. The second-order valence-corrected chi connectivity index (χ2v) is 12.2. The van der Waals surface area contributed by atoms with Crippen LogP contribution in [0.3, 0.4) is 0 Å². The van der Waals surface area contributed by atoms with Crippen molar-refractivity contribution in [1.29, 1.82) is 0 Å². The van der Waals surface area contributed by atoms with E-state index in [1.807, 2.05) is 0 Å². The maximum Gasteiger partial charge on any atom is 0.358 e. The Balaban J connectivity index is 0.00000484. The second kappa shape index (κ2) is 14.4. The summed E-state index contributed by atoms with van der Waals surface area (Å²) in [5, 5.41) is 12.7. The van der Waals surface area contributed by atoms with Gasteiger partial charge >= 0.3 is 11.9 Å². The van der Waals surface area contributed by atoms with E-state index in [0.717, 1.165) is 0 Å². The van der Waals surface area contributed by atoms with Gasteiger partial charge in [0.15, 0.2) is 16.2 Å². The van der Waals surface area contributed by atoms with Crippen LogP contribution in [0, 0.1) is 0 Å². The number of nitrogens with two attached hydrogens (primary N) is 1. The molecule has 2 aliphatic rings. The molecule has 1 aromatic carbocycles. The smallest absolute Gasteiger partial charge is 0.358 e. The van der Waals surface area contributed by atoms with Gasteiger partial charge in [-0.05, 0) is 24.0 Å². The first kappa shape index (κ1) is 33.5. The summed E-state index contributed by atoms with van der Waals surface area (Å²) in [6.45, 7) is 4.05. The molecule has 226 valence electrons. The van der Waals surface area contributed by atoms with E-state index < -0.39 is 59.4 Å². The van der Waals surface area contributed by atoms with Crippen molar-refractivity contribution in [2.75, 3.05) is 11.5 Å². The molecule has 2 amide bonds. The van der Waals surface area contributed by atoms with Gasteiger partial charge in [-0.2, -0.15) is 4.37 Å². The van der Waals surface area contributed by atoms with Crippen molar-refractivity contribution in [2.45, 2.75) is 55.0 Å². The summed E-state index contributed by atoms with van der Waals surface area (Å²) < 4.78 is 14.8. The number of ether oxygens (including phenoxy) is 2. The van der Waals surface area contributed by atoms with Crippen LogP contribution in [-0.2, 0) is 28.7 Å². The van der Waals surface area contributed by atoms with Gasteiger partial charge in [-0.25, -0.2) is 9.78 Å². The lowest BCUT2D eigenvalue weighted by molar-refractivity contribution is -0.182. The largest absolute Gasteiger partial charge is 0.426 e. The molecule has 2 aliphatic heterocycles. The van der Waals surface area contributed by atoms with E-state index in [4.69, 9.17) is 15.2 Å². The normalized spacial score (nSPS) is 19.8. The standard InChI is InChI=1S/C25H27N5O8S3.ClH/c1-11(26)19(32)15-6-4-5-7-16(15)20(33)21(34)29-17-22(35)30-18(24(36)38-13(3)37-12(2)31)14(8-39-23(17)30)9-40-25-27-10-28-41-25;/h4-7,10-11,13,17,20,23,33H,8-9,26H2,1-3H3,(H,29,34);1H/t11-,13?,17?,20?,23-;/m0./s1. The Kier molecular flexibility index (Phi) is 11.5. The molecule has 1 aromatic heterocycles. The third kappa shape index (κ3) is 7.30. The Hall–Kier alpha value is -3.02. The summed E-state index contributed by atoms with van der Waals surface area (Å²) >= 11 is 3.84. The van der Waals surface area contributed by atoms with Gasteiger partial charge in [0.1, 0.15) is 23.4 Å². The van der Waals surface area contributed by atoms with E-state index in [0.29, 0.717) is 21.4 Å². The van der Waals surface area contributed by atoms with E-state index in [1.165, 1.54) is 79.2 Å². The molecule has 1 fully saturated rings. The molecule has 17 heteroatoms. The first-order valence-corrected chi connectivity index (χ1v) is 15.1. The van der Waals surface area contributed by atoms with Crippen molar-refractivity contribution < 1.29 is 38.6 Å². The number of carbonyl (C=O) groups is 5. The van der Waals surface area contributed by atoms with Crippen molar-refractivity contribution in [3.8, 4) is 0 Å². The Labute approximate surface area is 259 Å². The van der Waals surface area contributed by atoms with E-state index >= 15 is 0 Å². The van der Waals surface area contributed by atoms with Crippen LogP contribution >= 0.6 is 47.5 Å². The number of thioether (sulfide) groups is 2. The number of fused-ring (bicyclic) bond motifs is 1. The molecule has 0 aliphatic carbocycles. The van der Waals surface area contributed by atoms with Crippen LogP contribution < -0.4 is 11.1 Å². The van der Waals surface area contributed by atoms with Crippen molar-refractivity contribution in [3.05, 3.63) is 53.0 Å². The highest BCUT2D eigenvalue weighted by Crippen LogP contribution is 2.42. The number of ketones is 1. The summed E-state index contributed by atoms with van der Waals surface area (Å²) in [4.78, 5) is 68.7. The molecule has 4 rings (SSSR count). The first-order chi connectivity index (χ1) is 19.5. The summed E-state index contributed by atoms with van der Waals surface area (Å²) in [6, 6.07) is 4.16. The van der Waals surface area contributed by atoms with Gasteiger partial charge < -0.3 is 25.6 Å². The molecule has 0 radical (unpaired) electrons. The van der Waals surface area contributed by atoms with Crippen LogP contribution in [-0.4, -0.2) is 84.2 Å². The molecule has 0 saturated carbocycles. The van der Waals surface area contributed by atoms with Gasteiger partial charge in [0.2, 0.25) is 6.29 Å². The zero-order valence-electron chi connectivity index (χ0n) is 22.5. The number of Topliss-reactive ketones (excluding diaryl/α,β-unsaturated/α-hetero) is 1. The monoisotopic (exact) mass is 657 g/mol. The fourth-order valence-corrected chi connectivity index (χ4v) is 7.13. The number of hydrogen-bond donors (Lipinski definition) is 3. The highest BCUT2D eigenvalue weighted by Gasteiger charge is 2.55. The Morgan fingerprint density at radius 3 is 2.60 bits per heavy atom.